The van der Waals surface area contributed by atoms with Crippen molar-refractivity contribution in [2.75, 3.05) is 20.3 Å². The van der Waals surface area contributed by atoms with Gasteiger partial charge in [-0.25, -0.2) is 4.79 Å². The van der Waals surface area contributed by atoms with Crippen molar-refractivity contribution in [3.05, 3.63) is 53.6 Å². The summed E-state index contributed by atoms with van der Waals surface area (Å²) in [4.78, 5) is 11.7. The molecule has 0 N–H and O–H groups in total. The lowest BCUT2D eigenvalue weighted by Crippen LogP contribution is -2.11. The number of rotatable bonds is 5. The number of hydrogen-bond acceptors (Lipinski definition) is 4. The van der Waals surface area contributed by atoms with Crippen molar-refractivity contribution in [2.24, 2.45) is 0 Å². The summed E-state index contributed by atoms with van der Waals surface area (Å²) in [5, 5.41) is 11.2. The summed E-state index contributed by atoms with van der Waals surface area (Å²) < 4.78 is 9.73. The van der Waals surface area contributed by atoms with Gasteiger partial charge >= 0.3 is 5.97 Å². The summed E-state index contributed by atoms with van der Waals surface area (Å²) in [5.41, 5.74) is 0.760. The molecule has 0 bridgehead atoms. The van der Waals surface area contributed by atoms with Crippen molar-refractivity contribution in [3.8, 4) is 6.07 Å². The average molecular weight is 281 g/mol. The van der Waals surface area contributed by atoms with Crippen LogP contribution in [0, 0.1) is 11.3 Å². The van der Waals surface area contributed by atoms with Gasteiger partial charge in [0, 0.05) is 7.11 Å². The first-order valence-electron chi connectivity index (χ1n) is 6.51. The van der Waals surface area contributed by atoms with E-state index in [4.69, 9.17) is 14.7 Å². The molecule has 0 saturated carbocycles. The van der Waals surface area contributed by atoms with Crippen molar-refractivity contribution in [2.45, 2.75) is 0 Å². The molecule has 0 radical (unpaired) electrons. The molecule has 0 aliphatic heterocycles. The SMILES string of the molecule is COCCOC(=O)/C(C#N)=C/c1ccc2ccccc2c1. The van der Waals surface area contributed by atoms with E-state index in [0.717, 1.165) is 16.3 Å². The number of carbonyl (C=O) groups is 1. The summed E-state index contributed by atoms with van der Waals surface area (Å²) in [6.07, 6.45) is 1.53. The van der Waals surface area contributed by atoms with Crippen LogP contribution in [0.15, 0.2) is 48.0 Å². The topological polar surface area (TPSA) is 59.3 Å². The zero-order chi connectivity index (χ0) is 15.1. The Bertz CT molecular complexity index is 713. The second-order valence-electron chi connectivity index (χ2n) is 4.41. The number of benzene rings is 2. The number of ether oxygens (including phenoxy) is 2. The minimum absolute atomic E-state index is 0.0265. The van der Waals surface area contributed by atoms with Crippen LogP contribution in [0.4, 0.5) is 0 Å². The molecule has 0 heterocycles. The van der Waals surface area contributed by atoms with Gasteiger partial charge in [-0.05, 0) is 28.5 Å². The van der Waals surface area contributed by atoms with Crippen LogP contribution in [-0.4, -0.2) is 26.3 Å². The fraction of sp³-hybridized carbons (Fsp3) is 0.176. The highest BCUT2D eigenvalue weighted by Crippen LogP contribution is 2.17. The number of hydrogen-bond donors (Lipinski definition) is 0. The van der Waals surface area contributed by atoms with Crippen LogP contribution < -0.4 is 0 Å². The Balaban J connectivity index is 2.21. The monoisotopic (exact) mass is 281 g/mol. The lowest BCUT2D eigenvalue weighted by atomic mass is 10.1. The third-order valence-corrected chi connectivity index (χ3v) is 2.95. The summed E-state index contributed by atoms with van der Waals surface area (Å²) in [6.45, 7) is 0.437. The lowest BCUT2D eigenvalue weighted by Gasteiger charge is -2.03. The normalized spacial score (nSPS) is 11.1. The zero-order valence-corrected chi connectivity index (χ0v) is 11.7. The fourth-order valence-electron chi connectivity index (χ4n) is 1.90. The summed E-state index contributed by atoms with van der Waals surface area (Å²) in [7, 11) is 1.52. The first kappa shape index (κ1) is 14.8. The molecule has 4 heteroatoms. The van der Waals surface area contributed by atoms with E-state index in [1.165, 1.54) is 13.2 Å². The highest BCUT2D eigenvalue weighted by atomic mass is 16.6. The van der Waals surface area contributed by atoms with Crippen LogP contribution in [0.2, 0.25) is 0 Å². The van der Waals surface area contributed by atoms with Crippen LogP contribution in [0.3, 0.4) is 0 Å². The Morgan fingerprint density at radius 1 is 1.19 bits per heavy atom. The largest absolute Gasteiger partial charge is 0.459 e. The molecule has 0 unspecified atom stereocenters. The lowest BCUT2D eigenvalue weighted by molar-refractivity contribution is -0.139. The van der Waals surface area contributed by atoms with Crippen molar-refractivity contribution >= 4 is 22.8 Å². The van der Waals surface area contributed by atoms with Gasteiger partial charge in [-0.3, -0.25) is 0 Å². The van der Waals surface area contributed by atoms with Crippen molar-refractivity contribution in [1.82, 2.24) is 0 Å². The predicted octanol–water partition coefficient (Wildman–Crippen LogP) is 2.94. The number of nitrogens with zero attached hydrogens (tertiary/aromatic N) is 1. The standard InChI is InChI=1S/C17H15NO3/c1-20-8-9-21-17(19)16(12-18)11-13-6-7-14-4-2-3-5-15(14)10-13/h2-7,10-11H,8-9H2,1H3/b16-11+. The van der Waals surface area contributed by atoms with E-state index in [-0.39, 0.29) is 12.2 Å². The molecule has 21 heavy (non-hydrogen) atoms. The summed E-state index contributed by atoms with van der Waals surface area (Å²) >= 11 is 0. The van der Waals surface area contributed by atoms with E-state index in [1.54, 1.807) is 0 Å². The van der Waals surface area contributed by atoms with Crippen LogP contribution >= 0.6 is 0 Å². The second-order valence-corrected chi connectivity index (χ2v) is 4.41. The Labute approximate surface area is 123 Å². The fourth-order valence-corrected chi connectivity index (χ4v) is 1.90. The second kappa shape index (κ2) is 7.22. The van der Waals surface area contributed by atoms with E-state index < -0.39 is 5.97 Å². The third kappa shape index (κ3) is 3.91. The van der Waals surface area contributed by atoms with E-state index in [0.29, 0.717) is 6.61 Å². The quantitative estimate of drug-likeness (QED) is 0.366. The van der Waals surface area contributed by atoms with Crippen LogP contribution in [0.1, 0.15) is 5.56 Å². The highest BCUT2D eigenvalue weighted by molar-refractivity contribution is 5.98. The van der Waals surface area contributed by atoms with Gasteiger partial charge in [-0.15, -0.1) is 0 Å². The van der Waals surface area contributed by atoms with Gasteiger partial charge in [0.25, 0.3) is 0 Å². The third-order valence-electron chi connectivity index (χ3n) is 2.95. The molecule has 2 rings (SSSR count). The predicted molar refractivity (Wildman–Crippen MR) is 80.4 cm³/mol. The van der Waals surface area contributed by atoms with Gasteiger partial charge < -0.3 is 9.47 Å². The van der Waals surface area contributed by atoms with Gasteiger partial charge in [0.2, 0.25) is 0 Å². The van der Waals surface area contributed by atoms with Crippen LogP contribution in [0.25, 0.3) is 16.8 Å². The molecule has 2 aromatic rings. The minimum atomic E-state index is -0.636. The molecule has 0 fully saturated rings. The smallest absolute Gasteiger partial charge is 0.348 e. The van der Waals surface area contributed by atoms with Crippen LogP contribution in [-0.2, 0) is 14.3 Å². The maximum absolute atomic E-state index is 11.7. The van der Waals surface area contributed by atoms with Crippen LogP contribution in [0.5, 0.6) is 0 Å². The van der Waals surface area contributed by atoms with Gasteiger partial charge in [-0.2, -0.15) is 5.26 Å². The molecule has 0 atom stereocenters. The van der Waals surface area contributed by atoms with Crippen molar-refractivity contribution in [1.29, 1.82) is 5.26 Å². The van der Waals surface area contributed by atoms with Gasteiger partial charge in [0.05, 0.1) is 6.61 Å². The molecule has 4 nitrogen and oxygen atoms in total. The number of nitriles is 1. The minimum Gasteiger partial charge on any atom is -0.459 e. The number of methoxy groups -OCH3 is 1. The van der Waals surface area contributed by atoms with Gasteiger partial charge in [-0.1, -0.05) is 36.4 Å². The van der Waals surface area contributed by atoms with Gasteiger partial charge in [0.15, 0.2) is 0 Å². The first-order valence-corrected chi connectivity index (χ1v) is 6.51. The Morgan fingerprint density at radius 3 is 2.67 bits per heavy atom. The number of esters is 1. The summed E-state index contributed by atoms with van der Waals surface area (Å²) in [6, 6.07) is 15.5. The van der Waals surface area contributed by atoms with Gasteiger partial charge in [0.1, 0.15) is 18.2 Å². The van der Waals surface area contributed by atoms with E-state index in [2.05, 4.69) is 0 Å². The molecule has 0 saturated heterocycles. The Morgan fingerprint density at radius 2 is 1.95 bits per heavy atom. The van der Waals surface area contributed by atoms with Crippen molar-refractivity contribution < 1.29 is 14.3 Å². The maximum Gasteiger partial charge on any atom is 0.348 e. The molecule has 0 amide bonds. The van der Waals surface area contributed by atoms with E-state index in [9.17, 15) is 4.79 Å². The molecule has 0 spiro atoms. The first-order chi connectivity index (χ1) is 10.2. The average Bonchev–Trinajstić information content (AvgIpc) is 2.52. The molecule has 0 aliphatic rings. The maximum atomic E-state index is 11.7. The highest BCUT2D eigenvalue weighted by Gasteiger charge is 2.10. The molecule has 0 aromatic heterocycles. The van der Waals surface area contributed by atoms with E-state index in [1.807, 2.05) is 48.5 Å². The van der Waals surface area contributed by atoms with Crippen molar-refractivity contribution in [3.63, 3.8) is 0 Å². The summed E-state index contributed by atoms with van der Waals surface area (Å²) in [5.74, 6) is -0.636. The molecule has 2 aromatic carbocycles. The molecule has 106 valence electrons. The van der Waals surface area contributed by atoms with E-state index >= 15 is 0 Å². The molecule has 0 aliphatic carbocycles. The Kier molecular flexibility index (Phi) is 5.08. The Hall–Kier alpha value is -2.64. The molecular weight excluding hydrogens is 266 g/mol. The molecular formula is C17H15NO3. The zero-order valence-electron chi connectivity index (χ0n) is 11.7. The number of fused-ring (bicyclic) bond motifs is 1. The number of carbonyl (C=O) groups excluding carboxylic acids is 1.